The van der Waals surface area contributed by atoms with E-state index in [1.165, 1.54) is 112 Å². The Labute approximate surface area is 512 Å². The minimum Gasteiger partial charge on any atom is -0.311 e. The van der Waals surface area contributed by atoms with Gasteiger partial charge >= 0.3 is 0 Å². The van der Waals surface area contributed by atoms with E-state index in [1.807, 2.05) is 0 Å². The molecule has 16 rings (SSSR count). The number of fused-ring (bicyclic) bond motifs is 10. The molecule has 4 nitrogen and oxygen atoms in total. The van der Waals surface area contributed by atoms with Gasteiger partial charge in [0.25, 0.3) is 0 Å². The molecule has 4 aliphatic carbocycles. The molecule has 12 aromatic rings. The van der Waals surface area contributed by atoms with Crippen molar-refractivity contribution in [3.8, 4) is 33.4 Å². The first-order valence-electron chi connectivity index (χ1n) is 31.4. The molecule has 0 amide bonds. The van der Waals surface area contributed by atoms with Gasteiger partial charge in [-0.05, 0) is 245 Å². The van der Waals surface area contributed by atoms with E-state index in [0.717, 1.165) is 63.3 Å². The van der Waals surface area contributed by atoms with E-state index in [9.17, 15) is 0 Å². The second-order valence-corrected chi connectivity index (χ2v) is 24.3. The van der Waals surface area contributed by atoms with Crippen LogP contribution >= 0.6 is 0 Å². The maximum atomic E-state index is 2.53. The fraction of sp³-hybridized carbons (Fsp3) is 0.133. The Morgan fingerprint density at radius 3 is 1.10 bits per heavy atom. The zero-order valence-electron chi connectivity index (χ0n) is 49.0. The summed E-state index contributed by atoms with van der Waals surface area (Å²) in [6.07, 6.45) is 9.84. The number of para-hydroxylation sites is 4. The lowest BCUT2D eigenvalue weighted by Gasteiger charge is -2.30. The molecule has 4 aliphatic rings. The van der Waals surface area contributed by atoms with Crippen LogP contribution in [0.15, 0.2) is 303 Å². The summed E-state index contributed by atoms with van der Waals surface area (Å²) in [7, 11) is 0. The van der Waals surface area contributed by atoms with Crippen LogP contribution in [0, 0.1) is 5.92 Å². The third kappa shape index (κ3) is 9.48. The average Bonchev–Trinajstić information content (AvgIpc) is 1.65. The van der Waals surface area contributed by atoms with Crippen molar-refractivity contribution in [1.82, 2.24) is 0 Å². The largest absolute Gasteiger partial charge is 0.311 e. The monoisotopic (exact) mass is 1120 g/mol. The number of nitrogens with zero attached hydrogens (tertiary/aromatic N) is 4. The van der Waals surface area contributed by atoms with Gasteiger partial charge in [0, 0.05) is 73.7 Å². The maximum Gasteiger partial charge on any atom is 0.0465 e. The zero-order valence-corrected chi connectivity index (χ0v) is 49.0. The first-order chi connectivity index (χ1) is 43.1. The highest BCUT2D eigenvalue weighted by molar-refractivity contribution is 5.89. The minimum atomic E-state index is 0.0505. The van der Waals surface area contributed by atoms with Crippen molar-refractivity contribution < 1.29 is 0 Å². The average molecular weight is 1120 g/mol. The molecule has 0 saturated heterocycles. The van der Waals surface area contributed by atoms with E-state index in [0.29, 0.717) is 11.8 Å². The summed E-state index contributed by atoms with van der Waals surface area (Å²) in [5.41, 5.74) is 27.4. The molecule has 0 aromatic heterocycles. The lowest BCUT2D eigenvalue weighted by Crippen LogP contribution is -2.21. The second-order valence-electron chi connectivity index (χ2n) is 24.3. The minimum absolute atomic E-state index is 0.0505. The summed E-state index contributed by atoms with van der Waals surface area (Å²) in [6.45, 7) is 0. The molecule has 1 spiro atoms. The van der Waals surface area contributed by atoms with Gasteiger partial charge in [0.05, 0.1) is 0 Å². The Balaban J connectivity index is 0.765. The fourth-order valence-electron chi connectivity index (χ4n) is 15.5. The molecule has 4 heteroatoms. The van der Waals surface area contributed by atoms with Gasteiger partial charge in [-0.15, -0.1) is 0 Å². The molecular weight excluding hydrogens is 1050 g/mol. The van der Waals surface area contributed by atoms with Crippen LogP contribution in [-0.2, 0) is 11.8 Å². The quantitative estimate of drug-likeness (QED) is 0.114. The third-order valence-corrected chi connectivity index (χ3v) is 19.5. The van der Waals surface area contributed by atoms with Gasteiger partial charge in [-0.2, -0.15) is 0 Å². The van der Waals surface area contributed by atoms with Crippen LogP contribution in [-0.4, -0.2) is 0 Å². The molecule has 87 heavy (non-hydrogen) atoms. The van der Waals surface area contributed by atoms with Crippen molar-refractivity contribution in [2.45, 2.75) is 62.7 Å². The van der Waals surface area contributed by atoms with Gasteiger partial charge in [0.2, 0.25) is 0 Å². The Hall–Kier alpha value is -10.2. The van der Waals surface area contributed by atoms with Crippen LogP contribution in [0.4, 0.5) is 68.2 Å². The zero-order chi connectivity index (χ0) is 57.7. The first-order valence-corrected chi connectivity index (χ1v) is 31.4. The highest BCUT2D eigenvalue weighted by Gasteiger charge is 2.45. The molecular formula is C83H68N4. The standard InChI is InChI=1S/C83H68N4/c1-5-21-63(22-6-1)84(64-23-7-2-8-24-64)69-42-46-71(47-43-69)86(73-50-52-76-62(57-73)56-61-20-19-32-75(61)77-29-13-14-30-78(76)77)67-38-34-59(35-39-67)60-36-40-68(41-37-60)87(74-51-53-80-79-31-15-16-33-81(79)83(82(80)58-74)54-17-18-55-83)72-48-44-70(45-49-72)85(65-25-9-3-10-26-65)66-27-11-4-12-28-66/h1-16,21-31,33-53,57-58,61,75H,17-20,32,54-56H2. The number of anilines is 12. The van der Waals surface area contributed by atoms with Crippen LogP contribution in [0.2, 0.25) is 0 Å². The Morgan fingerprint density at radius 2 is 0.621 bits per heavy atom. The molecule has 2 unspecified atom stereocenters. The lowest BCUT2D eigenvalue weighted by atomic mass is 9.76. The molecule has 2 fully saturated rings. The summed E-state index contributed by atoms with van der Waals surface area (Å²) in [5.74, 6) is 1.27. The third-order valence-electron chi connectivity index (χ3n) is 19.5. The van der Waals surface area contributed by atoms with Gasteiger partial charge in [-0.1, -0.05) is 177 Å². The van der Waals surface area contributed by atoms with Crippen molar-refractivity contribution in [2.75, 3.05) is 19.6 Å². The molecule has 0 aliphatic heterocycles. The first kappa shape index (κ1) is 52.4. The van der Waals surface area contributed by atoms with Gasteiger partial charge in [0.15, 0.2) is 0 Å². The smallest absolute Gasteiger partial charge is 0.0465 e. The number of hydrogen-bond acceptors (Lipinski definition) is 4. The fourth-order valence-corrected chi connectivity index (χ4v) is 15.5. The van der Waals surface area contributed by atoms with Crippen molar-refractivity contribution in [2.24, 2.45) is 5.92 Å². The summed E-state index contributed by atoms with van der Waals surface area (Å²) in [5, 5.41) is 0. The van der Waals surface area contributed by atoms with E-state index < -0.39 is 0 Å². The van der Waals surface area contributed by atoms with Crippen LogP contribution in [0.5, 0.6) is 0 Å². The Morgan fingerprint density at radius 1 is 0.264 bits per heavy atom. The van der Waals surface area contributed by atoms with Crippen molar-refractivity contribution >= 4 is 68.2 Å². The van der Waals surface area contributed by atoms with E-state index in [-0.39, 0.29) is 5.41 Å². The summed E-state index contributed by atoms with van der Waals surface area (Å²) >= 11 is 0. The normalized spacial score (nSPS) is 15.8. The highest BCUT2D eigenvalue weighted by atomic mass is 15.2. The highest BCUT2D eigenvalue weighted by Crippen LogP contribution is 2.58. The molecule has 0 radical (unpaired) electrons. The van der Waals surface area contributed by atoms with Crippen LogP contribution in [0.25, 0.3) is 33.4 Å². The maximum absolute atomic E-state index is 2.53. The number of rotatable bonds is 13. The van der Waals surface area contributed by atoms with Crippen LogP contribution < -0.4 is 19.6 Å². The summed E-state index contributed by atoms with van der Waals surface area (Å²) in [6, 6.07) is 112. The van der Waals surface area contributed by atoms with Crippen LogP contribution in [0.3, 0.4) is 0 Å². The van der Waals surface area contributed by atoms with Crippen molar-refractivity contribution in [3.63, 3.8) is 0 Å². The van der Waals surface area contributed by atoms with E-state index in [2.05, 4.69) is 323 Å². The molecule has 0 N–H and O–H groups in total. The molecule has 0 heterocycles. The summed E-state index contributed by atoms with van der Waals surface area (Å²) < 4.78 is 0. The van der Waals surface area contributed by atoms with Crippen molar-refractivity contribution in [1.29, 1.82) is 0 Å². The van der Waals surface area contributed by atoms with Crippen molar-refractivity contribution in [3.05, 3.63) is 326 Å². The van der Waals surface area contributed by atoms with Crippen LogP contribution in [0.1, 0.15) is 73.1 Å². The van der Waals surface area contributed by atoms with Gasteiger partial charge < -0.3 is 19.6 Å². The Bertz CT molecular complexity index is 4310. The van der Waals surface area contributed by atoms with E-state index in [4.69, 9.17) is 0 Å². The van der Waals surface area contributed by atoms with Gasteiger partial charge in [0.1, 0.15) is 0 Å². The molecule has 420 valence electrons. The molecule has 0 bridgehead atoms. The van der Waals surface area contributed by atoms with Gasteiger partial charge in [-0.25, -0.2) is 0 Å². The summed E-state index contributed by atoms with van der Waals surface area (Å²) in [4.78, 5) is 9.60. The number of hydrogen-bond donors (Lipinski definition) is 0. The second kappa shape index (κ2) is 22.4. The Kier molecular flexibility index (Phi) is 13.5. The predicted octanol–water partition coefficient (Wildman–Crippen LogP) is 23.2. The lowest BCUT2D eigenvalue weighted by molar-refractivity contribution is 0.488. The SMILES string of the molecule is c1ccc(N(c2ccccc2)c2ccc(N(c3ccc(-c4ccc(N(c5ccc(N(c6ccccc6)c6ccccc6)cc5)c5ccc6c(c5)C5(CCCC5)c5ccccc5-6)cc4)cc3)c3ccc4c(c3)CC3CCCC3c3ccccc3-4)cc2)cc1. The van der Waals surface area contributed by atoms with E-state index >= 15 is 0 Å². The molecule has 2 atom stereocenters. The topological polar surface area (TPSA) is 13.0 Å². The molecule has 12 aromatic carbocycles. The predicted molar refractivity (Wildman–Crippen MR) is 365 cm³/mol. The molecule has 2 saturated carbocycles. The van der Waals surface area contributed by atoms with E-state index in [1.54, 1.807) is 0 Å². The van der Waals surface area contributed by atoms with Gasteiger partial charge in [-0.3, -0.25) is 0 Å². The number of benzene rings is 12.